The van der Waals surface area contributed by atoms with Gasteiger partial charge in [-0.05, 0) is 40.0 Å². The maximum atomic E-state index is 11.4. The lowest BCUT2D eigenvalue weighted by Gasteiger charge is -2.10. The Morgan fingerprint density at radius 1 is 1.50 bits per heavy atom. The van der Waals surface area contributed by atoms with Gasteiger partial charge >= 0.3 is 0 Å². The highest BCUT2D eigenvalue weighted by Gasteiger charge is 2.06. The van der Waals surface area contributed by atoms with Crippen LogP contribution in [0.1, 0.15) is 11.1 Å². The number of nitrogens with zero attached hydrogens (tertiary/aromatic N) is 1. The number of nitrogens with one attached hydrogen (secondary N) is 2. The third kappa shape index (κ3) is 2.53. The van der Waals surface area contributed by atoms with E-state index in [2.05, 4.69) is 31.2 Å². The van der Waals surface area contributed by atoms with E-state index in [1.165, 1.54) is 6.33 Å². The fourth-order valence-electron chi connectivity index (χ4n) is 1.58. The Morgan fingerprint density at radius 2 is 2.28 bits per heavy atom. The van der Waals surface area contributed by atoms with Gasteiger partial charge in [-0.2, -0.15) is 0 Å². The third-order valence-electron chi connectivity index (χ3n) is 2.73. The van der Waals surface area contributed by atoms with Gasteiger partial charge in [0, 0.05) is 12.2 Å². The zero-order valence-corrected chi connectivity index (χ0v) is 11.4. The van der Waals surface area contributed by atoms with Crippen LogP contribution in [0, 0.1) is 6.92 Å². The van der Waals surface area contributed by atoms with Crippen molar-refractivity contribution < 1.29 is 0 Å². The lowest BCUT2D eigenvalue weighted by atomic mass is 10.1. The van der Waals surface area contributed by atoms with Crippen LogP contribution in [-0.2, 0) is 6.54 Å². The Balaban J connectivity index is 2.19. The molecule has 5 nitrogen and oxygen atoms in total. The fourth-order valence-corrected chi connectivity index (χ4v) is 1.94. The fraction of sp³-hybridized carbons (Fsp3) is 0.167. The van der Waals surface area contributed by atoms with E-state index in [0.717, 1.165) is 16.8 Å². The molecule has 6 heteroatoms. The molecule has 0 saturated heterocycles. The molecule has 4 N–H and O–H groups in total. The first kappa shape index (κ1) is 12.6. The molecule has 1 aromatic carbocycles. The molecule has 0 amide bonds. The van der Waals surface area contributed by atoms with E-state index < -0.39 is 0 Å². The number of aromatic amines is 1. The van der Waals surface area contributed by atoms with E-state index in [-0.39, 0.29) is 5.56 Å². The SMILES string of the molecule is Cc1c(N)cccc1CNc1nc[nH]c(=O)c1Br. The van der Waals surface area contributed by atoms with E-state index in [9.17, 15) is 4.79 Å². The molecule has 2 rings (SSSR count). The number of anilines is 2. The van der Waals surface area contributed by atoms with Crippen molar-refractivity contribution in [3.63, 3.8) is 0 Å². The van der Waals surface area contributed by atoms with Gasteiger partial charge in [0.25, 0.3) is 5.56 Å². The van der Waals surface area contributed by atoms with Crippen molar-refractivity contribution in [2.24, 2.45) is 0 Å². The molecular formula is C12H13BrN4O. The summed E-state index contributed by atoms with van der Waals surface area (Å²) in [6.45, 7) is 2.53. The van der Waals surface area contributed by atoms with Gasteiger partial charge in [0.05, 0.1) is 6.33 Å². The van der Waals surface area contributed by atoms with Crippen LogP contribution in [0.25, 0.3) is 0 Å². The number of halogens is 1. The predicted octanol–water partition coefficient (Wildman–Crippen LogP) is 2.04. The van der Waals surface area contributed by atoms with Crippen LogP contribution in [-0.4, -0.2) is 9.97 Å². The first-order chi connectivity index (χ1) is 8.59. The van der Waals surface area contributed by atoms with Crippen molar-refractivity contribution >= 4 is 27.4 Å². The molecule has 0 aliphatic heterocycles. The Labute approximate surface area is 113 Å². The van der Waals surface area contributed by atoms with Crippen LogP contribution in [0.3, 0.4) is 0 Å². The highest BCUT2D eigenvalue weighted by atomic mass is 79.9. The molecule has 1 aromatic heterocycles. The van der Waals surface area contributed by atoms with E-state index in [1.807, 2.05) is 25.1 Å². The zero-order chi connectivity index (χ0) is 13.1. The first-order valence-corrected chi connectivity index (χ1v) is 6.20. The number of rotatable bonds is 3. The van der Waals surface area contributed by atoms with Crippen molar-refractivity contribution in [2.75, 3.05) is 11.1 Å². The predicted molar refractivity (Wildman–Crippen MR) is 75.5 cm³/mol. The molecule has 0 aliphatic rings. The molecule has 0 spiro atoms. The second kappa shape index (κ2) is 5.22. The smallest absolute Gasteiger partial charge is 0.267 e. The second-order valence-corrected chi connectivity index (χ2v) is 4.67. The molecule has 18 heavy (non-hydrogen) atoms. The number of benzene rings is 1. The average Bonchev–Trinajstić information content (AvgIpc) is 2.36. The molecular weight excluding hydrogens is 296 g/mol. The Morgan fingerprint density at radius 3 is 3.06 bits per heavy atom. The number of hydrogen-bond donors (Lipinski definition) is 3. The molecule has 0 atom stereocenters. The average molecular weight is 309 g/mol. The molecule has 1 heterocycles. The number of aromatic nitrogens is 2. The quantitative estimate of drug-likeness (QED) is 0.758. The zero-order valence-electron chi connectivity index (χ0n) is 9.83. The van der Waals surface area contributed by atoms with Crippen molar-refractivity contribution in [1.29, 1.82) is 0 Å². The monoisotopic (exact) mass is 308 g/mol. The molecule has 94 valence electrons. The second-order valence-electron chi connectivity index (χ2n) is 3.88. The molecule has 0 unspecified atom stereocenters. The van der Waals surface area contributed by atoms with Crippen LogP contribution >= 0.6 is 15.9 Å². The third-order valence-corrected chi connectivity index (χ3v) is 3.47. The molecule has 0 fully saturated rings. The maximum absolute atomic E-state index is 11.4. The van der Waals surface area contributed by atoms with Gasteiger partial charge in [0.15, 0.2) is 0 Å². The molecule has 0 radical (unpaired) electrons. The summed E-state index contributed by atoms with van der Waals surface area (Å²) >= 11 is 3.19. The lowest BCUT2D eigenvalue weighted by molar-refractivity contribution is 1.04. The largest absolute Gasteiger partial charge is 0.399 e. The summed E-state index contributed by atoms with van der Waals surface area (Å²) in [6.07, 6.45) is 1.36. The number of hydrogen-bond acceptors (Lipinski definition) is 4. The van der Waals surface area contributed by atoms with Crippen LogP contribution in [0.4, 0.5) is 11.5 Å². The van der Waals surface area contributed by atoms with Crippen LogP contribution in [0.15, 0.2) is 33.8 Å². The van der Waals surface area contributed by atoms with Crippen molar-refractivity contribution in [3.8, 4) is 0 Å². The van der Waals surface area contributed by atoms with Gasteiger partial charge in [-0.3, -0.25) is 4.79 Å². The summed E-state index contributed by atoms with van der Waals surface area (Å²) < 4.78 is 0.395. The van der Waals surface area contributed by atoms with Gasteiger partial charge in [-0.15, -0.1) is 0 Å². The van der Waals surface area contributed by atoms with Crippen LogP contribution in [0.5, 0.6) is 0 Å². The van der Waals surface area contributed by atoms with E-state index in [4.69, 9.17) is 5.73 Å². The van der Waals surface area contributed by atoms with Crippen molar-refractivity contribution in [3.05, 3.63) is 50.5 Å². The van der Waals surface area contributed by atoms with Crippen molar-refractivity contribution in [1.82, 2.24) is 9.97 Å². The van der Waals surface area contributed by atoms with Gasteiger partial charge in [-0.1, -0.05) is 12.1 Å². The molecule has 0 aliphatic carbocycles. The normalized spacial score (nSPS) is 10.3. The minimum absolute atomic E-state index is 0.211. The number of H-pyrrole nitrogens is 1. The minimum atomic E-state index is -0.211. The lowest BCUT2D eigenvalue weighted by Crippen LogP contribution is -2.12. The Hall–Kier alpha value is -1.82. The highest BCUT2D eigenvalue weighted by Crippen LogP contribution is 2.18. The standard InChI is InChI=1S/C12H13BrN4O/c1-7-8(3-2-4-9(7)14)5-15-11-10(13)12(18)17-6-16-11/h2-4,6H,5,14H2,1H3,(H2,15,16,17,18). The van der Waals surface area contributed by atoms with Crippen LogP contribution < -0.4 is 16.6 Å². The molecule has 0 saturated carbocycles. The summed E-state index contributed by atoms with van der Waals surface area (Å²) in [5.74, 6) is 0.514. The summed E-state index contributed by atoms with van der Waals surface area (Å²) in [4.78, 5) is 17.9. The van der Waals surface area contributed by atoms with E-state index in [1.54, 1.807) is 0 Å². The maximum Gasteiger partial charge on any atom is 0.267 e. The summed E-state index contributed by atoms with van der Waals surface area (Å²) in [7, 11) is 0. The van der Waals surface area contributed by atoms with Crippen molar-refractivity contribution in [2.45, 2.75) is 13.5 Å². The van der Waals surface area contributed by atoms with Gasteiger partial charge in [-0.25, -0.2) is 4.98 Å². The molecule has 2 aromatic rings. The van der Waals surface area contributed by atoms with Gasteiger partial charge < -0.3 is 16.0 Å². The topological polar surface area (TPSA) is 83.8 Å². The Bertz CT molecular complexity index is 624. The van der Waals surface area contributed by atoms with E-state index in [0.29, 0.717) is 16.8 Å². The number of nitrogen functional groups attached to an aromatic ring is 1. The van der Waals surface area contributed by atoms with Gasteiger partial charge in [0.1, 0.15) is 10.3 Å². The summed E-state index contributed by atoms with van der Waals surface area (Å²) in [5, 5.41) is 3.10. The highest BCUT2D eigenvalue weighted by molar-refractivity contribution is 9.10. The van der Waals surface area contributed by atoms with E-state index >= 15 is 0 Å². The summed E-state index contributed by atoms with van der Waals surface area (Å²) in [5.41, 5.74) is 8.49. The first-order valence-electron chi connectivity index (χ1n) is 5.40. The summed E-state index contributed by atoms with van der Waals surface area (Å²) in [6, 6.07) is 5.75. The minimum Gasteiger partial charge on any atom is -0.399 e. The Kier molecular flexibility index (Phi) is 3.66. The van der Waals surface area contributed by atoms with Crippen LogP contribution in [0.2, 0.25) is 0 Å². The number of nitrogens with two attached hydrogens (primary N) is 1. The van der Waals surface area contributed by atoms with Gasteiger partial charge in [0.2, 0.25) is 0 Å². The molecule has 0 bridgehead atoms.